The number of nitro groups is 1. The highest BCUT2D eigenvalue weighted by molar-refractivity contribution is 5.83. The summed E-state index contributed by atoms with van der Waals surface area (Å²) in [6.07, 6.45) is 2.18. The lowest BCUT2D eigenvalue weighted by atomic mass is 10.3. The van der Waals surface area contributed by atoms with Crippen molar-refractivity contribution < 1.29 is 14.5 Å². The third-order valence-electron chi connectivity index (χ3n) is 1.47. The summed E-state index contributed by atoms with van der Waals surface area (Å²) in [7, 11) is 0. The number of hydrogen-bond acceptors (Lipinski definition) is 4. The van der Waals surface area contributed by atoms with E-state index in [0.717, 1.165) is 12.2 Å². The van der Waals surface area contributed by atoms with Crippen molar-refractivity contribution in [3.63, 3.8) is 0 Å². The molecular formula is C10H9NO4. The molecule has 0 amide bonds. The molecule has 0 aromatic heterocycles. The van der Waals surface area contributed by atoms with Gasteiger partial charge < -0.3 is 4.74 Å². The molecule has 0 unspecified atom stereocenters. The van der Waals surface area contributed by atoms with Gasteiger partial charge in [-0.15, -0.1) is 0 Å². The van der Waals surface area contributed by atoms with E-state index < -0.39 is 10.9 Å². The molecule has 0 heterocycles. The molecule has 0 aliphatic heterocycles. The summed E-state index contributed by atoms with van der Waals surface area (Å²) in [5.74, 6) is -0.212. The van der Waals surface area contributed by atoms with Crippen LogP contribution in [-0.2, 0) is 4.79 Å². The number of hydrogen-bond donors (Lipinski definition) is 0. The lowest BCUT2D eigenvalue weighted by Crippen LogP contribution is -2.05. The molecule has 0 fully saturated rings. The lowest BCUT2D eigenvalue weighted by Gasteiger charge is -1.98. The van der Waals surface area contributed by atoms with Crippen molar-refractivity contribution >= 4 is 5.97 Å². The first-order valence-electron chi connectivity index (χ1n) is 4.23. The maximum atomic E-state index is 11.1. The third kappa shape index (κ3) is 4.56. The number of ether oxygens (including phenoxy) is 1. The van der Waals surface area contributed by atoms with Gasteiger partial charge in [-0.3, -0.25) is 10.1 Å². The second-order valence-electron chi connectivity index (χ2n) is 2.65. The van der Waals surface area contributed by atoms with E-state index in [1.807, 2.05) is 0 Å². The molecule has 0 atom stereocenters. The van der Waals surface area contributed by atoms with E-state index in [1.54, 1.807) is 30.3 Å². The van der Waals surface area contributed by atoms with Crippen molar-refractivity contribution in [2.75, 3.05) is 6.54 Å². The van der Waals surface area contributed by atoms with Crippen LogP contribution < -0.4 is 4.74 Å². The zero-order valence-corrected chi connectivity index (χ0v) is 7.83. The zero-order chi connectivity index (χ0) is 11.1. The van der Waals surface area contributed by atoms with Crippen LogP contribution in [0.2, 0.25) is 0 Å². The van der Waals surface area contributed by atoms with Crippen LogP contribution in [0, 0.1) is 10.1 Å². The molecule has 0 aliphatic rings. The van der Waals surface area contributed by atoms with Crippen molar-refractivity contribution in [3.05, 3.63) is 52.6 Å². The second-order valence-corrected chi connectivity index (χ2v) is 2.65. The van der Waals surface area contributed by atoms with E-state index in [2.05, 4.69) is 0 Å². The Labute approximate surface area is 86.1 Å². The van der Waals surface area contributed by atoms with E-state index in [1.165, 1.54) is 0 Å². The van der Waals surface area contributed by atoms with Gasteiger partial charge in [0.15, 0.2) is 0 Å². The minimum Gasteiger partial charge on any atom is -0.423 e. The maximum absolute atomic E-state index is 11.1. The predicted octanol–water partition coefficient (Wildman–Crippen LogP) is 1.42. The summed E-state index contributed by atoms with van der Waals surface area (Å²) in [5, 5.41) is 9.94. The standard InChI is InChI=1S/C10H9NO4/c12-10(7-4-8-11(13)14)15-9-5-2-1-3-6-9/h1-7H,8H2. The van der Waals surface area contributed by atoms with Crippen LogP contribution in [-0.4, -0.2) is 17.4 Å². The van der Waals surface area contributed by atoms with Gasteiger partial charge in [-0.2, -0.15) is 0 Å². The van der Waals surface area contributed by atoms with Gasteiger partial charge in [0.25, 0.3) is 0 Å². The summed E-state index contributed by atoms with van der Waals surface area (Å²) in [6, 6.07) is 8.49. The van der Waals surface area contributed by atoms with Gasteiger partial charge in [-0.1, -0.05) is 18.2 Å². The summed E-state index contributed by atoms with van der Waals surface area (Å²) >= 11 is 0. The number of nitrogens with zero attached hydrogens (tertiary/aromatic N) is 1. The van der Waals surface area contributed by atoms with E-state index in [9.17, 15) is 14.9 Å². The largest absolute Gasteiger partial charge is 0.423 e. The Morgan fingerprint density at radius 1 is 1.40 bits per heavy atom. The number of esters is 1. The molecule has 5 heteroatoms. The predicted molar refractivity (Wildman–Crippen MR) is 53.1 cm³/mol. The minimum atomic E-state index is -0.622. The first-order chi connectivity index (χ1) is 7.18. The Bertz CT molecular complexity index is 372. The first kappa shape index (κ1) is 10.9. The number of rotatable bonds is 4. The second kappa shape index (κ2) is 5.54. The number of carbonyl (C=O) groups is 1. The van der Waals surface area contributed by atoms with Gasteiger partial charge in [0.1, 0.15) is 5.75 Å². The summed E-state index contributed by atoms with van der Waals surface area (Å²) in [4.78, 5) is 20.5. The topological polar surface area (TPSA) is 69.4 Å². The molecule has 0 radical (unpaired) electrons. The minimum absolute atomic E-state index is 0.385. The molecular weight excluding hydrogens is 198 g/mol. The fourth-order valence-corrected chi connectivity index (χ4v) is 0.874. The van der Waals surface area contributed by atoms with Crippen LogP contribution in [0.3, 0.4) is 0 Å². The molecule has 0 spiro atoms. The Hall–Kier alpha value is -2.17. The molecule has 5 nitrogen and oxygen atoms in total. The van der Waals surface area contributed by atoms with Gasteiger partial charge in [0.2, 0.25) is 6.54 Å². The van der Waals surface area contributed by atoms with Crippen molar-refractivity contribution in [3.8, 4) is 5.75 Å². The summed E-state index contributed by atoms with van der Waals surface area (Å²) in [5.41, 5.74) is 0. The van der Waals surface area contributed by atoms with Crippen molar-refractivity contribution in [2.45, 2.75) is 0 Å². The molecule has 0 bridgehead atoms. The van der Waals surface area contributed by atoms with E-state index in [0.29, 0.717) is 5.75 Å². The fourth-order valence-electron chi connectivity index (χ4n) is 0.874. The van der Waals surface area contributed by atoms with Crippen molar-refractivity contribution in [2.24, 2.45) is 0 Å². The summed E-state index contributed by atoms with van der Waals surface area (Å²) in [6.45, 7) is -0.385. The van der Waals surface area contributed by atoms with E-state index in [4.69, 9.17) is 4.74 Å². The van der Waals surface area contributed by atoms with Gasteiger partial charge in [-0.25, -0.2) is 4.79 Å². The smallest absolute Gasteiger partial charge is 0.336 e. The Morgan fingerprint density at radius 2 is 2.07 bits per heavy atom. The van der Waals surface area contributed by atoms with Gasteiger partial charge >= 0.3 is 5.97 Å². The molecule has 0 N–H and O–H groups in total. The SMILES string of the molecule is O=C(C=CC[N+](=O)[O-])Oc1ccccc1. The fraction of sp³-hybridized carbons (Fsp3) is 0.100. The van der Waals surface area contributed by atoms with E-state index >= 15 is 0 Å². The van der Waals surface area contributed by atoms with Crippen LogP contribution in [0.5, 0.6) is 5.75 Å². The average Bonchev–Trinajstić information content (AvgIpc) is 2.18. The van der Waals surface area contributed by atoms with Crippen LogP contribution >= 0.6 is 0 Å². The quantitative estimate of drug-likeness (QED) is 0.246. The maximum Gasteiger partial charge on any atom is 0.336 e. The van der Waals surface area contributed by atoms with Crippen molar-refractivity contribution in [1.82, 2.24) is 0 Å². The molecule has 1 aromatic rings. The molecule has 15 heavy (non-hydrogen) atoms. The number of benzene rings is 1. The highest BCUT2D eigenvalue weighted by atomic mass is 16.6. The van der Waals surface area contributed by atoms with Crippen LogP contribution in [0.4, 0.5) is 0 Å². The monoisotopic (exact) mass is 207 g/mol. The van der Waals surface area contributed by atoms with Gasteiger partial charge in [-0.05, 0) is 18.2 Å². The third-order valence-corrected chi connectivity index (χ3v) is 1.47. The Morgan fingerprint density at radius 3 is 2.67 bits per heavy atom. The average molecular weight is 207 g/mol. The summed E-state index contributed by atoms with van der Waals surface area (Å²) < 4.78 is 4.85. The molecule has 1 rings (SSSR count). The molecule has 0 aliphatic carbocycles. The lowest BCUT2D eigenvalue weighted by molar-refractivity contribution is -0.468. The number of para-hydroxylation sites is 1. The van der Waals surface area contributed by atoms with Crippen molar-refractivity contribution in [1.29, 1.82) is 0 Å². The van der Waals surface area contributed by atoms with Gasteiger partial charge in [0.05, 0.1) is 0 Å². The molecule has 0 saturated heterocycles. The van der Waals surface area contributed by atoms with Crippen LogP contribution in [0.1, 0.15) is 0 Å². The zero-order valence-electron chi connectivity index (χ0n) is 7.83. The van der Waals surface area contributed by atoms with Crippen LogP contribution in [0.25, 0.3) is 0 Å². The first-order valence-corrected chi connectivity index (χ1v) is 4.23. The molecule has 78 valence electrons. The van der Waals surface area contributed by atoms with E-state index in [-0.39, 0.29) is 6.54 Å². The molecule has 1 aromatic carbocycles. The Kier molecular flexibility index (Phi) is 4.03. The van der Waals surface area contributed by atoms with Crippen LogP contribution in [0.15, 0.2) is 42.5 Å². The van der Waals surface area contributed by atoms with Gasteiger partial charge in [0, 0.05) is 11.0 Å². The number of carbonyl (C=O) groups excluding carboxylic acids is 1. The normalized spacial score (nSPS) is 10.1. The molecule has 0 saturated carbocycles. The highest BCUT2D eigenvalue weighted by Crippen LogP contribution is 2.08. The Balaban J connectivity index is 2.43. The highest BCUT2D eigenvalue weighted by Gasteiger charge is 1.99.